The summed E-state index contributed by atoms with van der Waals surface area (Å²) in [6, 6.07) is 7.69. The highest BCUT2D eigenvalue weighted by Gasteiger charge is 2.24. The first-order chi connectivity index (χ1) is 7.33. The molecule has 1 aromatic rings. The van der Waals surface area contributed by atoms with Crippen LogP contribution < -0.4 is 10.8 Å². The third kappa shape index (κ3) is 2.00. The molecule has 0 spiro atoms. The van der Waals surface area contributed by atoms with E-state index in [9.17, 15) is 4.79 Å². The van der Waals surface area contributed by atoms with Crippen LogP contribution in [0.1, 0.15) is 12.0 Å². The number of nitrogens with zero attached hydrogens (tertiary/aromatic N) is 1. The second kappa shape index (κ2) is 4.42. The largest absolute Gasteiger partial charge is 0.330 e. The average Bonchev–Trinajstić information content (AvgIpc) is 2.66. The fourth-order valence-corrected chi connectivity index (χ4v) is 1.68. The van der Waals surface area contributed by atoms with E-state index in [2.05, 4.69) is 0 Å². The summed E-state index contributed by atoms with van der Waals surface area (Å²) in [6.45, 7) is 1.04. The molecule has 1 aliphatic heterocycles. The average molecular weight is 206 g/mol. The van der Waals surface area contributed by atoms with Gasteiger partial charge in [0.2, 0.25) is 0 Å². The minimum absolute atomic E-state index is 0.0134. The van der Waals surface area contributed by atoms with Crippen LogP contribution in [0.25, 0.3) is 0 Å². The van der Waals surface area contributed by atoms with E-state index in [0.717, 1.165) is 17.7 Å². The monoisotopic (exact) mass is 206 g/mol. The Kier molecular flexibility index (Phi) is 2.99. The number of carbonyl (C=O) groups excluding carboxylic acids is 1. The second-order valence-electron chi connectivity index (χ2n) is 3.44. The minimum atomic E-state index is 0.0134. The van der Waals surface area contributed by atoms with Gasteiger partial charge in [0, 0.05) is 0 Å². The molecule has 0 saturated carbocycles. The van der Waals surface area contributed by atoms with Crippen LogP contribution in [0.3, 0.4) is 0 Å². The lowest BCUT2D eigenvalue weighted by molar-refractivity contribution is -0.119. The van der Waals surface area contributed by atoms with Gasteiger partial charge in [0.15, 0.2) is 0 Å². The highest BCUT2D eigenvalue weighted by atomic mass is 16.7. The van der Waals surface area contributed by atoms with E-state index < -0.39 is 0 Å². The molecule has 1 fully saturated rings. The molecule has 2 rings (SSSR count). The van der Waals surface area contributed by atoms with Gasteiger partial charge in [0.25, 0.3) is 5.91 Å². The van der Waals surface area contributed by atoms with Gasteiger partial charge in [-0.3, -0.25) is 9.63 Å². The second-order valence-corrected chi connectivity index (χ2v) is 3.44. The van der Waals surface area contributed by atoms with Gasteiger partial charge < -0.3 is 5.73 Å². The number of anilines is 1. The quantitative estimate of drug-likeness (QED) is 0.797. The number of hydrogen-bond donors (Lipinski definition) is 1. The molecule has 4 heteroatoms. The molecule has 15 heavy (non-hydrogen) atoms. The van der Waals surface area contributed by atoms with Crippen LogP contribution in [0.15, 0.2) is 24.3 Å². The van der Waals surface area contributed by atoms with Crippen molar-refractivity contribution >= 4 is 11.6 Å². The number of amides is 1. The maximum Gasteiger partial charge on any atom is 0.253 e. The highest BCUT2D eigenvalue weighted by Crippen LogP contribution is 2.24. The van der Waals surface area contributed by atoms with Crippen molar-refractivity contribution in [3.05, 3.63) is 29.8 Å². The van der Waals surface area contributed by atoms with Crippen molar-refractivity contribution in [2.24, 2.45) is 5.73 Å². The molecule has 1 saturated heterocycles. The first-order valence-corrected chi connectivity index (χ1v) is 5.07. The zero-order valence-electron chi connectivity index (χ0n) is 8.48. The topological polar surface area (TPSA) is 55.6 Å². The zero-order valence-corrected chi connectivity index (χ0v) is 8.48. The Morgan fingerprint density at radius 3 is 2.87 bits per heavy atom. The molecule has 1 amide bonds. The smallest absolute Gasteiger partial charge is 0.253 e. The summed E-state index contributed by atoms with van der Waals surface area (Å²) in [6.07, 6.45) is 1.21. The van der Waals surface area contributed by atoms with E-state index in [1.165, 1.54) is 5.06 Å². The lowest BCUT2D eigenvalue weighted by Gasteiger charge is -2.17. The Bertz CT molecular complexity index is 365. The van der Waals surface area contributed by atoms with Gasteiger partial charge in [-0.15, -0.1) is 0 Å². The fourth-order valence-electron chi connectivity index (χ4n) is 1.68. The normalized spacial score (nSPS) is 16.1. The Hall–Kier alpha value is -1.39. The maximum atomic E-state index is 11.5. The summed E-state index contributed by atoms with van der Waals surface area (Å²) < 4.78 is 0. The molecular weight excluding hydrogens is 192 g/mol. The molecule has 0 radical (unpaired) electrons. The molecule has 1 heterocycles. The number of hydroxylamine groups is 1. The van der Waals surface area contributed by atoms with Crippen LogP contribution in [0.5, 0.6) is 0 Å². The Morgan fingerprint density at radius 1 is 1.40 bits per heavy atom. The third-order valence-corrected chi connectivity index (χ3v) is 2.39. The van der Waals surface area contributed by atoms with Crippen LogP contribution in [-0.4, -0.2) is 19.1 Å². The van der Waals surface area contributed by atoms with Crippen molar-refractivity contribution in [3.8, 4) is 0 Å². The SMILES string of the molecule is NCCc1ccccc1N1OCCC1=O. The number of carbonyl (C=O) groups is 1. The number of hydrogen-bond acceptors (Lipinski definition) is 3. The number of rotatable bonds is 3. The van der Waals surface area contributed by atoms with Crippen molar-refractivity contribution in [2.75, 3.05) is 18.2 Å². The first kappa shape index (κ1) is 10.1. The molecule has 0 aromatic heterocycles. The Labute approximate surface area is 88.6 Å². The fraction of sp³-hybridized carbons (Fsp3) is 0.364. The van der Waals surface area contributed by atoms with E-state index in [1.54, 1.807) is 0 Å². The molecule has 0 atom stereocenters. The van der Waals surface area contributed by atoms with Crippen molar-refractivity contribution in [1.29, 1.82) is 0 Å². The zero-order chi connectivity index (χ0) is 10.7. The lowest BCUT2D eigenvalue weighted by Crippen LogP contribution is -2.24. The van der Waals surface area contributed by atoms with E-state index in [1.807, 2.05) is 24.3 Å². The molecule has 1 aliphatic rings. The van der Waals surface area contributed by atoms with Gasteiger partial charge in [0.1, 0.15) is 0 Å². The number of nitrogens with two attached hydrogens (primary N) is 1. The van der Waals surface area contributed by atoms with Gasteiger partial charge in [-0.25, -0.2) is 0 Å². The van der Waals surface area contributed by atoms with Crippen LogP contribution in [0.4, 0.5) is 5.69 Å². The van der Waals surface area contributed by atoms with E-state index >= 15 is 0 Å². The summed E-state index contributed by atoms with van der Waals surface area (Å²) in [7, 11) is 0. The number of benzene rings is 1. The van der Waals surface area contributed by atoms with Gasteiger partial charge in [-0.05, 0) is 24.6 Å². The van der Waals surface area contributed by atoms with Gasteiger partial charge >= 0.3 is 0 Å². The van der Waals surface area contributed by atoms with Gasteiger partial charge in [0.05, 0.1) is 18.7 Å². The molecule has 2 N–H and O–H groups in total. The van der Waals surface area contributed by atoms with E-state index in [-0.39, 0.29) is 5.91 Å². The first-order valence-electron chi connectivity index (χ1n) is 5.07. The minimum Gasteiger partial charge on any atom is -0.330 e. The standard InChI is InChI=1S/C11H14N2O2/c12-7-5-9-3-1-2-4-10(9)13-11(14)6-8-15-13/h1-4H,5-8,12H2. The maximum absolute atomic E-state index is 11.5. The summed E-state index contributed by atoms with van der Waals surface area (Å²) in [5.41, 5.74) is 7.39. The van der Waals surface area contributed by atoms with Crippen LogP contribution >= 0.6 is 0 Å². The van der Waals surface area contributed by atoms with Crippen LogP contribution in [0.2, 0.25) is 0 Å². The molecule has 0 bridgehead atoms. The van der Waals surface area contributed by atoms with E-state index in [0.29, 0.717) is 19.6 Å². The lowest BCUT2D eigenvalue weighted by atomic mass is 10.1. The summed E-state index contributed by atoms with van der Waals surface area (Å²) in [5.74, 6) is 0.0134. The number of para-hydroxylation sites is 1. The Balaban J connectivity index is 2.29. The van der Waals surface area contributed by atoms with E-state index in [4.69, 9.17) is 10.6 Å². The Morgan fingerprint density at radius 2 is 2.20 bits per heavy atom. The molecule has 4 nitrogen and oxygen atoms in total. The summed E-state index contributed by atoms with van der Waals surface area (Å²) >= 11 is 0. The highest BCUT2D eigenvalue weighted by molar-refractivity contribution is 5.93. The predicted molar refractivity (Wildman–Crippen MR) is 57.3 cm³/mol. The van der Waals surface area contributed by atoms with Crippen molar-refractivity contribution < 1.29 is 9.63 Å². The van der Waals surface area contributed by atoms with Crippen molar-refractivity contribution in [3.63, 3.8) is 0 Å². The molecule has 1 aromatic carbocycles. The molecular formula is C11H14N2O2. The van der Waals surface area contributed by atoms with Gasteiger partial charge in [-0.1, -0.05) is 18.2 Å². The molecule has 80 valence electrons. The molecule has 0 unspecified atom stereocenters. The van der Waals surface area contributed by atoms with Crippen molar-refractivity contribution in [1.82, 2.24) is 0 Å². The predicted octanol–water partition coefficient (Wildman–Crippen LogP) is 0.856. The summed E-state index contributed by atoms with van der Waals surface area (Å²) in [4.78, 5) is 16.8. The third-order valence-electron chi connectivity index (χ3n) is 2.39. The summed E-state index contributed by atoms with van der Waals surface area (Å²) in [5, 5.41) is 1.38. The van der Waals surface area contributed by atoms with Gasteiger partial charge in [-0.2, -0.15) is 5.06 Å². The van der Waals surface area contributed by atoms with Crippen molar-refractivity contribution in [2.45, 2.75) is 12.8 Å². The molecule has 0 aliphatic carbocycles. The van der Waals surface area contributed by atoms with Crippen LogP contribution in [0, 0.1) is 0 Å². The van der Waals surface area contributed by atoms with Crippen LogP contribution in [-0.2, 0) is 16.1 Å².